The third kappa shape index (κ3) is 6.13. The number of amides is 3. The fourth-order valence-corrected chi connectivity index (χ4v) is 5.63. The Labute approximate surface area is 219 Å². The van der Waals surface area contributed by atoms with E-state index in [0.29, 0.717) is 24.9 Å². The van der Waals surface area contributed by atoms with Crippen LogP contribution in [0.2, 0.25) is 0 Å². The Morgan fingerprint density at radius 3 is 2.35 bits per heavy atom. The van der Waals surface area contributed by atoms with Crippen molar-refractivity contribution in [3.63, 3.8) is 0 Å². The predicted molar refractivity (Wildman–Crippen MR) is 141 cm³/mol. The van der Waals surface area contributed by atoms with Crippen LogP contribution in [0.1, 0.15) is 37.0 Å². The van der Waals surface area contributed by atoms with Gasteiger partial charge in [0.15, 0.2) is 5.78 Å². The number of hydrogen-bond acceptors (Lipinski definition) is 7. The maximum Gasteiger partial charge on any atom is 0.251 e. The first kappa shape index (κ1) is 27.1. The SMILES string of the molecule is CC(C)CC(NC(=O)c1ccc(N2CCNCC2)cc1)C(=O)N1CCC2C1C(=O)CN2C(=O)CN(C)C. The minimum Gasteiger partial charge on any atom is -0.369 e. The van der Waals surface area contributed by atoms with E-state index in [-0.39, 0.29) is 48.6 Å². The van der Waals surface area contributed by atoms with Crippen LogP contribution in [-0.2, 0) is 14.4 Å². The summed E-state index contributed by atoms with van der Waals surface area (Å²) in [5.41, 5.74) is 1.57. The number of carbonyl (C=O) groups is 4. The predicted octanol–water partition coefficient (Wildman–Crippen LogP) is 0.183. The number of anilines is 1. The molecule has 3 aliphatic heterocycles. The highest BCUT2D eigenvalue weighted by Crippen LogP contribution is 2.31. The van der Waals surface area contributed by atoms with Crippen LogP contribution < -0.4 is 15.5 Å². The number of fused-ring (bicyclic) bond motifs is 1. The van der Waals surface area contributed by atoms with Gasteiger partial charge in [-0.05, 0) is 57.1 Å². The van der Waals surface area contributed by atoms with Crippen molar-refractivity contribution in [2.45, 2.75) is 44.8 Å². The van der Waals surface area contributed by atoms with Crippen LogP contribution in [0.3, 0.4) is 0 Å². The Morgan fingerprint density at radius 2 is 1.73 bits per heavy atom. The molecule has 3 heterocycles. The second kappa shape index (κ2) is 11.6. The summed E-state index contributed by atoms with van der Waals surface area (Å²) in [6, 6.07) is 5.81. The number of likely N-dealkylation sites (N-methyl/N-ethyl adjacent to an activating group) is 1. The molecule has 37 heavy (non-hydrogen) atoms. The van der Waals surface area contributed by atoms with E-state index in [1.54, 1.807) is 26.8 Å². The monoisotopic (exact) mass is 512 g/mol. The van der Waals surface area contributed by atoms with Gasteiger partial charge >= 0.3 is 0 Å². The van der Waals surface area contributed by atoms with E-state index in [9.17, 15) is 19.2 Å². The molecule has 0 saturated carbocycles. The largest absolute Gasteiger partial charge is 0.369 e. The summed E-state index contributed by atoms with van der Waals surface area (Å²) >= 11 is 0. The number of piperazine rings is 1. The molecule has 10 nitrogen and oxygen atoms in total. The molecule has 3 aliphatic rings. The minimum absolute atomic E-state index is 0.0341. The van der Waals surface area contributed by atoms with Crippen molar-refractivity contribution in [3.8, 4) is 0 Å². The molecule has 0 aromatic heterocycles. The molecule has 1 aromatic rings. The van der Waals surface area contributed by atoms with Gasteiger partial charge in [0.2, 0.25) is 11.8 Å². The zero-order valence-corrected chi connectivity index (χ0v) is 22.4. The topological polar surface area (TPSA) is 105 Å². The summed E-state index contributed by atoms with van der Waals surface area (Å²) in [4.78, 5) is 59.7. The van der Waals surface area contributed by atoms with Crippen LogP contribution in [0.4, 0.5) is 5.69 Å². The van der Waals surface area contributed by atoms with E-state index in [2.05, 4.69) is 15.5 Å². The van der Waals surface area contributed by atoms with Crippen LogP contribution in [0.15, 0.2) is 24.3 Å². The van der Waals surface area contributed by atoms with Crippen molar-refractivity contribution < 1.29 is 19.2 Å². The first-order valence-electron chi connectivity index (χ1n) is 13.3. The number of nitrogens with zero attached hydrogens (tertiary/aromatic N) is 4. The van der Waals surface area contributed by atoms with Gasteiger partial charge in [0.1, 0.15) is 12.1 Å². The van der Waals surface area contributed by atoms with Crippen molar-refractivity contribution in [1.82, 2.24) is 25.3 Å². The fourth-order valence-electron chi connectivity index (χ4n) is 5.63. The molecule has 3 atom stereocenters. The molecule has 0 radical (unpaired) electrons. The molecular formula is C27H40N6O4. The molecule has 10 heteroatoms. The van der Waals surface area contributed by atoms with Gasteiger partial charge in [-0.3, -0.25) is 19.2 Å². The molecule has 0 aliphatic carbocycles. The average molecular weight is 513 g/mol. The van der Waals surface area contributed by atoms with Gasteiger partial charge in [0, 0.05) is 44.0 Å². The summed E-state index contributed by atoms with van der Waals surface area (Å²) < 4.78 is 0. The summed E-state index contributed by atoms with van der Waals surface area (Å²) in [6.45, 7) is 8.38. The normalized spacial score (nSPS) is 22.5. The second-order valence-corrected chi connectivity index (χ2v) is 11.0. The van der Waals surface area contributed by atoms with Crippen molar-refractivity contribution in [1.29, 1.82) is 0 Å². The molecule has 3 unspecified atom stereocenters. The van der Waals surface area contributed by atoms with E-state index in [4.69, 9.17) is 0 Å². The van der Waals surface area contributed by atoms with Gasteiger partial charge in [0.25, 0.3) is 5.91 Å². The first-order chi connectivity index (χ1) is 17.7. The smallest absolute Gasteiger partial charge is 0.251 e. The number of likely N-dealkylation sites (tertiary alicyclic amines) is 2. The zero-order valence-electron chi connectivity index (χ0n) is 22.4. The van der Waals surface area contributed by atoms with Gasteiger partial charge in [-0.2, -0.15) is 0 Å². The van der Waals surface area contributed by atoms with Gasteiger partial charge in [-0.25, -0.2) is 0 Å². The lowest BCUT2D eigenvalue weighted by Crippen LogP contribution is -2.53. The third-order valence-electron chi connectivity index (χ3n) is 7.40. The quantitative estimate of drug-likeness (QED) is 0.512. The standard InChI is InChI=1S/C27H40N6O4/c1-18(2)15-21(29-26(36)19-5-7-20(8-6-19)31-13-10-28-11-14-31)27(37)32-12-9-22-25(32)23(34)16-33(22)24(35)17-30(3)4/h5-8,18,21-22,25,28H,9-17H2,1-4H3,(H,29,36). The van der Waals surface area contributed by atoms with Gasteiger partial charge < -0.3 is 30.2 Å². The lowest BCUT2D eigenvalue weighted by molar-refractivity contribution is -0.138. The van der Waals surface area contributed by atoms with Gasteiger partial charge in [-0.1, -0.05) is 13.8 Å². The number of benzene rings is 1. The molecule has 4 rings (SSSR count). The number of nitrogens with one attached hydrogen (secondary N) is 2. The maximum atomic E-state index is 13.7. The number of hydrogen-bond donors (Lipinski definition) is 2. The molecule has 202 valence electrons. The number of ketones is 1. The Kier molecular flexibility index (Phi) is 8.49. The minimum atomic E-state index is -0.738. The summed E-state index contributed by atoms with van der Waals surface area (Å²) in [6.07, 6.45) is 1.03. The Morgan fingerprint density at radius 1 is 1.05 bits per heavy atom. The molecule has 3 fully saturated rings. The van der Waals surface area contributed by atoms with E-state index in [1.807, 2.05) is 40.1 Å². The molecular weight excluding hydrogens is 472 g/mol. The second-order valence-electron chi connectivity index (χ2n) is 11.0. The highest BCUT2D eigenvalue weighted by atomic mass is 16.2. The third-order valence-corrected chi connectivity index (χ3v) is 7.40. The summed E-state index contributed by atoms with van der Waals surface area (Å²) in [7, 11) is 3.63. The van der Waals surface area contributed by atoms with Crippen molar-refractivity contribution in [3.05, 3.63) is 29.8 Å². The van der Waals surface area contributed by atoms with Crippen molar-refractivity contribution in [2.75, 3.05) is 64.8 Å². The van der Waals surface area contributed by atoms with Gasteiger partial charge in [0.05, 0.1) is 19.1 Å². The summed E-state index contributed by atoms with van der Waals surface area (Å²) in [5.74, 6) is -0.595. The lowest BCUT2D eigenvalue weighted by atomic mass is 10.0. The molecule has 2 N–H and O–H groups in total. The van der Waals surface area contributed by atoms with Crippen molar-refractivity contribution >= 4 is 29.2 Å². The Balaban J connectivity index is 1.44. The van der Waals surface area contributed by atoms with E-state index in [1.165, 1.54) is 0 Å². The average Bonchev–Trinajstić information content (AvgIpc) is 3.44. The van der Waals surface area contributed by atoms with E-state index < -0.39 is 12.1 Å². The van der Waals surface area contributed by atoms with Crippen LogP contribution in [0.5, 0.6) is 0 Å². The summed E-state index contributed by atoms with van der Waals surface area (Å²) in [5, 5.41) is 6.28. The molecule has 3 amide bonds. The van der Waals surface area contributed by atoms with Crippen molar-refractivity contribution in [2.24, 2.45) is 5.92 Å². The highest BCUT2D eigenvalue weighted by Gasteiger charge is 2.52. The number of rotatable bonds is 8. The Hall–Kier alpha value is -2.98. The van der Waals surface area contributed by atoms with Crippen LogP contribution >= 0.6 is 0 Å². The number of carbonyl (C=O) groups excluding carboxylic acids is 4. The van der Waals surface area contributed by atoms with Crippen LogP contribution in [-0.4, -0.2) is 116 Å². The van der Waals surface area contributed by atoms with E-state index >= 15 is 0 Å². The Bertz CT molecular complexity index is 1000. The highest BCUT2D eigenvalue weighted by molar-refractivity contribution is 6.01. The maximum absolute atomic E-state index is 13.7. The lowest BCUT2D eigenvalue weighted by Gasteiger charge is -2.30. The first-order valence-corrected chi connectivity index (χ1v) is 13.3. The van der Waals surface area contributed by atoms with Crippen LogP contribution in [0.25, 0.3) is 0 Å². The molecule has 0 bridgehead atoms. The fraction of sp³-hybridized carbons (Fsp3) is 0.630. The van der Waals surface area contributed by atoms with E-state index in [0.717, 1.165) is 31.9 Å². The molecule has 0 spiro atoms. The zero-order chi connectivity index (χ0) is 26.7. The molecule has 1 aromatic carbocycles. The van der Waals surface area contributed by atoms with Crippen LogP contribution in [0, 0.1) is 5.92 Å². The van der Waals surface area contributed by atoms with Gasteiger partial charge in [-0.15, -0.1) is 0 Å². The molecule has 3 saturated heterocycles. The number of Topliss-reactive ketones (excluding diaryl/α,β-unsaturated/α-hetero) is 1.